The van der Waals surface area contributed by atoms with Crippen molar-refractivity contribution in [3.05, 3.63) is 41.0 Å². The molecule has 0 bridgehead atoms. The summed E-state index contributed by atoms with van der Waals surface area (Å²) in [6, 6.07) is 6.27. The van der Waals surface area contributed by atoms with Gasteiger partial charge in [-0.15, -0.1) is 0 Å². The summed E-state index contributed by atoms with van der Waals surface area (Å²) in [5, 5.41) is 16.1. The summed E-state index contributed by atoms with van der Waals surface area (Å²) >= 11 is 6.20. The Morgan fingerprint density at radius 1 is 1.45 bits per heavy atom. The average molecular weight is 442 g/mol. The van der Waals surface area contributed by atoms with E-state index in [4.69, 9.17) is 21.4 Å². The van der Waals surface area contributed by atoms with Crippen molar-refractivity contribution in [2.45, 2.75) is 30.2 Å². The molecule has 1 saturated heterocycles. The minimum Gasteiger partial charge on any atom is -0.394 e. The third kappa shape index (κ3) is 5.57. The zero-order valence-electron chi connectivity index (χ0n) is 16.0. The van der Waals surface area contributed by atoms with Gasteiger partial charge in [-0.2, -0.15) is 5.10 Å². The number of hydrogen-bond donors (Lipinski definition) is 2. The molecular weight excluding hydrogens is 418 g/mol. The number of aromatic nitrogens is 2. The highest BCUT2D eigenvalue weighted by atomic mass is 35.5. The van der Waals surface area contributed by atoms with Crippen molar-refractivity contribution < 1.29 is 23.1 Å². The van der Waals surface area contributed by atoms with Gasteiger partial charge in [0.25, 0.3) is 0 Å². The highest BCUT2D eigenvalue weighted by Gasteiger charge is 2.28. The molecular formula is C19H24ClN3O5S. The van der Waals surface area contributed by atoms with E-state index >= 15 is 0 Å². The fourth-order valence-corrected chi connectivity index (χ4v) is 4.74. The monoisotopic (exact) mass is 441 g/mol. The zero-order valence-corrected chi connectivity index (χ0v) is 17.6. The quantitative estimate of drug-likeness (QED) is 0.648. The molecule has 158 valence electrons. The van der Waals surface area contributed by atoms with Gasteiger partial charge < -0.3 is 15.2 Å². The van der Waals surface area contributed by atoms with E-state index in [-0.39, 0.29) is 28.4 Å². The number of amides is 1. The molecule has 8 nitrogen and oxygen atoms in total. The lowest BCUT2D eigenvalue weighted by Crippen LogP contribution is -2.24. The van der Waals surface area contributed by atoms with Crippen LogP contribution in [0.1, 0.15) is 24.3 Å². The summed E-state index contributed by atoms with van der Waals surface area (Å²) in [4.78, 5) is 13.1. The van der Waals surface area contributed by atoms with Crippen molar-refractivity contribution in [2.75, 3.05) is 31.4 Å². The second-order valence-corrected chi connectivity index (χ2v) is 9.55. The smallest absolute Gasteiger partial charge is 0.233 e. The Labute approximate surface area is 174 Å². The molecule has 2 aromatic rings. The Morgan fingerprint density at radius 3 is 2.86 bits per heavy atom. The molecule has 2 unspecified atom stereocenters. The van der Waals surface area contributed by atoms with Gasteiger partial charge in [-0.25, -0.2) is 8.42 Å². The predicted octanol–water partition coefficient (Wildman–Crippen LogP) is 2.08. The number of hydrogen-bond acceptors (Lipinski definition) is 6. The molecule has 0 radical (unpaired) electrons. The Kier molecular flexibility index (Phi) is 6.94. The van der Waals surface area contributed by atoms with Gasteiger partial charge in [-0.3, -0.25) is 9.48 Å². The van der Waals surface area contributed by atoms with E-state index in [1.54, 1.807) is 24.4 Å². The second kappa shape index (κ2) is 9.25. The summed E-state index contributed by atoms with van der Waals surface area (Å²) in [6.07, 6.45) is 4.18. The molecule has 1 aromatic carbocycles. The molecule has 0 aliphatic carbocycles. The maximum atomic E-state index is 13.0. The number of rotatable bonds is 8. The van der Waals surface area contributed by atoms with Gasteiger partial charge in [0, 0.05) is 31.7 Å². The van der Waals surface area contributed by atoms with Crippen LogP contribution in [0.25, 0.3) is 0 Å². The number of sulfone groups is 1. The minimum absolute atomic E-state index is 0.0361. The van der Waals surface area contributed by atoms with Crippen molar-refractivity contribution in [3.63, 3.8) is 0 Å². The molecule has 10 heteroatoms. The van der Waals surface area contributed by atoms with Crippen molar-refractivity contribution in [1.82, 2.24) is 9.78 Å². The fraction of sp³-hybridized carbons (Fsp3) is 0.474. The van der Waals surface area contributed by atoms with Gasteiger partial charge in [0.15, 0.2) is 15.7 Å². The van der Waals surface area contributed by atoms with Crippen LogP contribution in [-0.4, -0.2) is 55.3 Å². The summed E-state index contributed by atoms with van der Waals surface area (Å²) in [7, 11) is -3.46. The highest BCUT2D eigenvalue weighted by Crippen LogP contribution is 2.33. The Bertz CT molecular complexity index is 970. The average Bonchev–Trinajstić information content (AvgIpc) is 3.31. The first-order valence-corrected chi connectivity index (χ1v) is 11.6. The number of aliphatic hydroxyl groups excluding tert-OH is 1. The van der Waals surface area contributed by atoms with E-state index in [0.29, 0.717) is 37.6 Å². The van der Waals surface area contributed by atoms with Crippen LogP contribution >= 0.6 is 11.6 Å². The molecule has 1 fully saturated rings. The molecule has 1 aromatic heterocycles. The number of benzene rings is 1. The maximum Gasteiger partial charge on any atom is 0.233 e. The number of aliphatic hydroxyl groups is 1. The lowest BCUT2D eigenvalue weighted by atomic mass is 9.87. The van der Waals surface area contributed by atoms with Gasteiger partial charge in [0.05, 0.1) is 29.0 Å². The van der Waals surface area contributed by atoms with Gasteiger partial charge in [0.2, 0.25) is 5.91 Å². The van der Waals surface area contributed by atoms with E-state index < -0.39 is 15.8 Å². The van der Waals surface area contributed by atoms with E-state index in [0.717, 1.165) is 12.7 Å². The Balaban J connectivity index is 1.85. The van der Waals surface area contributed by atoms with Gasteiger partial charge in [-0.05, 0) is 36.5 Å². The SMILES string of the molecule is CS(=O)(=O)c1ccc(C(CC2CCOC2)C(=O)Nc2ccn(CCO)n2)cc1Cl. The van der Waals surface area contributed by atoms with Crippen molar-refractivity contribution >= 4 is 33.2 Å². The maximum absolute atomic E-state index is 13.0. The van der Waals surface area contributed by atoms with Crippen LogP contribution < -0.4 is 5.32 Å². The van der Waals surface area contributed by atoms with Crippen LogP contribution in [0.2, 0.25) is 5.02 Å². The summed E-state index contributed by atoms with van der Waals surface area (Å²) in [5.41, 5.74) is 0.640. The Morgan fingerprint density at radius 2 is 2.24 bits per heavy atom. The topological polar surface area (TPSA) is 111 Å². The molecule has 2 N–H and O–H groups in total. The molecule has 2 heterocycles. The largest absolute Gasteiger partial charge is 0.394 e. The molecule has 29 heavy (non-hydrogen) atoms. The third-order valence-electron chi connectivity index (χ3n) is 4.89. The number of anilines is 1. The van der Waals surface area contributed by atoms with Crippen LogP contribution in [0.4, 0.5) is 5.82 Å². The summed E-state index contributed by atoms with van der Waals surface area (Å²) < 4.78 is 30.6. The first kappa shape index (κ1) is 21.8. The molecule has 1 amide bonds. The standard InChI is InChI=1S/C19H24ClN3O5S/c1-29(26,27)17-3-2-14(11-16(17)20)15(10-13-5-9-28-12-13)19(25)21-18-4-6-23(22-18)7-8-24/h2-4,6,11,13,15,24H,5,7-10,12H2,1H3,(H,21,22,25). The van der Waals surface area contributed by atoms with E-state index in [9.17, 15) is 13.2 Å². The third-order valence-corrected chi connectivity index (χ3v) is 6.47. The summed E-state index contributed by atoms with van der Waals surface area (Å²) in [6.45, 7) is 1.54. The number of halogens is 1. The molecule has 3 rings (SSSR count). The summed E-state index contributed by atoms with van der Waals surface area (Å²) in [5.74, 6) is -0.175. The van der Waals surface area contributed by atoms with Crippen molar-refractivity contribution in [1.29, 1.82) is 0 Å². The van der Waals surface area contributed by atoms with Crippen molar-refractivity contribution in [3.8, 4) is 0 Å². The Hall–Kier alpha value is -1.94. The zero-order chi connectivity index (χ0) is 21.0. The highest BCUT2D eigenvalue weighted by molar-refractivity contribution is 7.90. The number of carbonyl (C=O) groups is 1. The molecule has 2 atom stereocenters. The lowest BCUT2D eigenvalue weighted by Gasteiger charge is -2.20. The molecule has 0 spiro atoms. The molecule has 1 aliphatic heterocycles. The molecule has 1 aliphatic rings. The number of nitrogens with one attached hydrogen (secondary N) is 1. The first-order chi connectivity index (χ1) is 13.8. The van der Waals surface area contributed by atoms with E-state index in [2.05, 4.69) is 10.4 Å². The number of carbonyl (C=O) groups excluding carboxylic acids is 1. The number of ether oxygens (including phenoxy) is 1. The number of nitrogens with zero attached hydrogens (tertiary/aromatic N) is 2. The normalized spacial score (nSPS) is 18.0. The van der Waals surface area contributed by atoms with Crippen LogP contribution in [0.5, 0.6) is 0 Å². The van der Waals surface area contributed by atoms with Crippen molar-refractivity contribution in [2.24, 2.45) is 5.92 Å². The fourth-order valence-electron chi connectivity index (χ4n) is 3.40. The first-order valence-electron chi connectivity index (χ1n) is 9.30. The van der Waals surface area contributed by atoms with Gasteiger partial charge >= 0.3 is 0 Å². The van der Waals surface area contributed by atoms with Crippen LogP contribution in [-0.2, 0) is 25.9 Å². The van der Waals surface area contributed by atoms with E-state index in [1.165, 1.54) is 10.7 Å². The molecule has 0 saturated carbocycles. The van der Waals surface area contributed by atoms with Gasteiger partial charge in [0.1, 0.15) is 0 Å². The minimum atomic E-state index is -3.46. The van der Waals surface area contributed by atoms with Crippen LogP contribution in [0.3, 0.4) is 0 Å². The van der Waals surface area contributed by atoms with Gasteiger partial charge in [-0.1, -0.05) is 17.7 Å². The predicted molar refractivity (Wildman–Crippen MR) is 109 cm³/mol. The second-order valence-electron chi connectivity index (χ2n) is 7.16. The van der Waals surface area contributed by atoms with Crippen LogP contribution in [0, 0.1) is 5.92 Å². The lowest BCUT2D eigenvalue weighted by molar-refractivity contribution is -0.118. The van der Waals surface area contributed by atoms with Crippen LogP contribution in [0.15, 0.2) is 35.4 Å². The van der Waals surface area contributed by atoms with E-state index in [1.807, 2.05) is 0 Å².